The fourth-order valence-electron chi connectivity index (χ4n) is 1.58. The summed E-state index contributed by atoms with van der Waals surface area (Å²) in [6.07, 6.45) is 5.44. The molecule has 2 aromatic rings. The van der Waals surface area contributed by atoms with Gasteiger partial charge < -0.3 is 10.2 Å². The molecular weight excluding hydrogens is 256 g/mol. The van der Waals surface area contributed by atoms with Crippen LogP contribution in [0.4, 0.5) is 11.9 Å². The first-order chi connectivity index (χ1) is 9.65. The maximum absolute atomic E-state index is 8.78. The van der Waals surface area contributed by atoms with Crippen molar-refractivity contribution < 1.29 is 0 Å². The molecule has 0 aromatic carbocycles. The highest BCUT2D eigenvalue weighted by molar-refractivity contribution is 5.40. The van der Waals surface area contributed by atoms with Crippen molar-refractivity contribution >= 4 is 11.9 Å². The maximum Gasteiger partial charge on any atom is 0.241 e. The summed E-state index contributed by atoms with van der Waals surface area (Å²) in [5.74, 6) is 1.46. The molecule has 0 saturated heterocycles. The molecule has 2 aromatic heterocycles. The van der Waals surface area contributed by atoms with Crippen molar-refractivity contribution in [2.24, 2.45) is 0 Å². The first-order valence-corrected chi connectivity index (χ1v) is 6.17. The number of nitrogens with one attached hydrogen (secondary N) is 1. The number of hydrogen-bond donors (Lipinski definition) is 1. The van der Waals surface area contributed by atoms with E-state index in [2.05, 4.69) is 31.3 Å². The van der Waals surface area contributed by atoms with Gasteiger partial charge in [0.1, 0.15) is 6.33 Å². The van der Waals surface area contributed by atoms with Gasteiger partial charge in [0, 0.05) is 32.5 Å². The molecule has 0 amide bonds. The van der Waals surface area contributed by atoms with E-state index >= 15 is 0 Å². The Kier molecular flexibility index (Phi) is 4.10. The average molecular weight is 272 g/mol. The molecule has 2 heterocycles. The third-order valence-corrected chi connectivity index (χ3v) is 2.93. The highest BCUT2D eigenvalue weighted by atomic mass is 15.3. The van der Waals surface area contributed by atoms with Gasteiger partial charge in [0.15, 0.2) is 0 Å². The standard InChI is InChI=1S/C12H16N8/c1-9(4-5-13)19(3)11-16-10(14-2)17-12(18-11)20-7-6-15-8-20/h6-9H,4H2,1-3H3,(H,14,16,17,18). The molecule has 0 spiro atoms. The third kappa shape index (κ3) is 2.83. The molecule has 0 aliphatic heterocycles. The lowest BCUT2D eigenvalue weighted by molar-refractivity contribution is 0.678. The molecule has 0 bridgehead atoms. The van der Waals surface area contributed by atoms with Crippen molar-refractivity contribution in [3.8, 4) is 12.0 Å². The third-order valence-electron chi connectivity index (χ3n) is 2.93. The van der Waals surface area contributed by atoms with Crippen LogP contribution in [0.25, 0.3) is 5.95 Å². The highest BCUT2D eigenvalue weighted by Crippen LogP contribution is 2.15. The first-order valence-electron chi connectivity index (χ1n) is 6.17. The molecule has 0 radical (unpaired) electrons. The predicted molar refractivity (Wildman–Crippen MR) is 74.6 cm³/mol. The molecule has 1 unspecified atom stereocenters. The van der Waals surface area contributed by atoms with E-state index in [4.69, 9.17) is 5.26 Å². The molecule has 1 N–H and O–H groups in total. The van der Waals surface area contributed by atoms with E-state index < -0.39 is 0 Å². The maximum atomic E-state index is 8.78. The Balaban J connectivity index is 2.38. The molecule has 0 aliphatic carbocycles. The van der Waals surface area contributed by atoms with Crippen molar-refractivity contribution in [2.75, 3.05) is 24.3 Å². The minimum absolute atomic E-state index is 0.0164. The van der Waals surface area contributed by atoms with Gasteiger partial charge >= 0.3 is 0 Å². The Labute approximate surface area is 117 Å². The van der Waals surface area contributed by atoms with Crippen LogP contribution in [0.15, 0.2) is 18.7 Å². The van der Waals surface area contributed by atoms with E-state index in [0.717, 1.165) is 0 Å². The smallest absolute Gasteiger partial charge is 0.241 e. The first kappa shape index (κ1) is 13.7. The van der Waals surface area contributed by atoms with E-state index in [1.54, 1.807) is 30.3 Å². The lowest BCUT2D eigenvalue weighted by Crippen LogP contribution is -2.30. The van der Waals surface area contributed by atoms with Gasteiger partial charge in [-0.15, -0.1) is 0 Å². The molecular formula is C12H16N8. The molecule has 0 saturated carbocycles. The van der Waals surface area contributed by atoms with E-state index in [9.17, 15) is 0 Å². The van der Waals surface area contributed by atoms with E-state index in [-0.39, 0.29) is 6.04 Å². The zero-order valence-corrected chi connectivity index (χ0v) is 11.6. The summed E-state index contributed by atoms with van der Waals surface area (Å²) in [6.45, 7) is 1.95. The summed E-state index contributed by atoms with van der Waals surface area (Å²) in [7, 11) is 3.60. The summed E-state index contributed by atoms with van der Waals surface area (Å²) >= 11 is 0. The molecule has 20 heavy (non-hydrogen) atoms. The topological polar surface area (TPSA) is 95.6 Å². The highest BCUT2D eigenvalue weighted by Gasteiger charge is 2.15. The van der Waals surface area contributed by atoms with Crippen LogP contribution in [0.5, 0.6) is 0 Å². The van der Waals surface area contributed by atoms with Gasteiger partial charge in [-0.2, -0.15) is 20.2 Å². The largest absolute Gasteiger partial charge is 0.357 e. The normalized spacial score (nSPS) is 11.7. The molecule has 0 aliphatic rings. The average Bonchev–Trinajstić information content (AvgIpc) is 3.00. The molecule has 8 nitrogen and oxygen atoms in total. The van der Waals surface area contributed by atoms with Crippen molar-refractivity contribution in [2.45, 2.75) is 19.4 Å². The van der Waals surface area contributed by atoms with Gasteiger partial charge in [-0.3, -0.25) is 4.57 Å². The second-order valence-electron chi connectivity index (χ2n) is 4.30. The van der Waals surface area contributed by atoms with Crippen LogP contribution in [0, 0.1) is 11.3 Å². The number of hydrogen-bond acceptors (Lipinski definition) is 7. The Hall–Kier alpha value is -2.69. The number of imidazole rings is 1. The quantitative estimate of drug-likeness (QED) is 0.861. The molecule has 8 heteroatoms. The summed E-state index contributed by atoms with van der Waals surface area (Å²) < 4.78 is 1.70. The minimum Gasteiger partial charge on any atom is -0.357 e. The zero-order chi connectivity index (χ0) is 14.5. The van der Waals surface area contributed by atoms with Gasteiger partial charge in [0.25, 0.3) is 0 Å². The van der Waals surface area contributed by atoms with Crippen molar-refractivity contribution in [3.05, 3.63) is 18.7 Å². The molecule has 1 atom stereocenters. The van der Waals surface area contributed by atoms with Crippen LogP contribution < -0.4 is 10.2 Å². The Bertz CT molecular complexity index is 600. The van der Waals surface area contributed by atoms with Gasteiger partial charge in [-0.05, 0) is 6.92 Å². The van der Waals surface area contributed by atoms with Crippen molar-refractivity contribution in [1.29, 1.82) is 5.26 Å². The van der Waals surface area contributed by atoms with E-state index in [1.807, 2.05) is 18.9 Å². The van der Waals surface area contributed by atoms with Crippen LogP contribution in [0.2, 0.25) is 0 Å². The molecule has 0 fully saturated rings. The number of anilines is 2. The lowest BCUT2D eigenvalue weighted by Gasteiger charge is -2.23. The van der Waals surface area contributed by atoms with Crippen LogP contribution >= 0.6 is 0 Å². The summed E-state index contributed by atoms with van der Waals surface area (Å²) in [5.41, 5.74) is 0. The van der Waals surface area contributed by atoms with E-state index in [0.29, 0.717) is 24.3 Å². The number of nitrogens with zero attached hydrogens (tertiary/aromatic N) is 7. The van der Waals surface area contributed by atoms with E-state index in [1.165, 1.54) is 0 Å². The number of aromatic nitrogens is 5. The molecule has 104 valence electrons. The molecule has 2 rings (SSSR count). The van der Waals surface area contributed by atoms with Gasteiger partial charge in [0.05, 0.1) is 12.5 Å². The van der Waals surface area contributed by atoms with Crippen molar-refractivity contribution in [3.63, 3.8) is 0 Å². The van der Waals surface area contributed by atoms with Crippen LogP contribution in [-0.2, 0) is 0 Å². The Morgan fingerprint density at radius 3 is 2.85 bits per heavy atom. The monoisotopic (exact) mass is 272 g/mol. The summed E-state index contributed by atoms with van der Waals surface area (Å²) in [4.78, 5) is 18.8. The summed E-state index contributed by atoms with van der Waals surface area (Å²) in [6, 6.07) is 2.16. The van der Waals surface area contributed by atoms with Crippen molar-refractivity contribution in [1.82, 2.24) is 24.5 Å². The summed E-state index contributed by atoms with van der Waals surface area (Å²) in [5, 5.41) is 11.7. The number of nitriles is 1. The second-order valence-corrected chi connectivity index (χ2v) is 4.30. The zero-order valence-electron chi connectivity index (χ0n) is 11.6. The van der Waals surface area contributed by atoms with Gasteiger partial charge in [0.2, 0.25) is 17.8 Å². The Morgan fingerprint density at radius 1 is 1.45 bits per heavy atom. The van der Waals surface area contributed by atoms with Crippen LogP contribution in [0.1, 0.15) is 13.3 Å². The van der Waals surface area contributed by atoms with Gasteiger partial charge in [-0.1, -0.05) is 0 Å². The second kappa shape index (κ2) is 5.97. The Morgan fingerprint density at radius 2 is 2.25 bits per heavy atom. The van der Waals surface area contributed by atoms with Crippen LogP contribution in [-0.4, -0.2) is 44.6 Å². The van der Waals surface area contributed by atoms with Crippen LogP contribution in [0.3, 0.4) is 0 Å². The fourth-order valence-corrected chi connectivity index (χ4v) is 1.58. The SMILES string of the molecule is CNc1nc(N(C)C(C)CC#N)nc(-n2ccnc2)n1. The lowest BCUT2D eigenvalue weighted by atomic mass is 10.2. The van der Waals surface area contributed by atoms with Gasteiger partial charge in [-0.25, -0.2) is 4.98 Å². The number of rotatable bonds is 5. The fraction of sp³-hybridized carbons (Fsp3) is 0.417. The predicted octanol–water partition coefficient (Wildman–Crippen LogP) is 0.837. The minimum atomic E-state index is 0.0164.